The fraction of sp³-hybridized carbons (Fsp3) is 0. The summed E-state index contributed by atoms with van der Waals surface area (Å²) in [7, 11) is -4.53. The SMILES string of the molecule is O=S(=O)([O-])c1ccccc1O.[K+]. The van der Waals surface area contributed by atoms with Crippen LogP contribution in [0.15, 0.2) is 29.2 Å². The molecule has 0 aliphatic carbocycles. The normalized spacial score (nSPS) is 10.4. The molecule has 0 atom stereocenters. The number of aromatic hydroxyl groups is 1. The van der Waals surface area contributed by atoms with E-state index in [1.807, 2.05) is 0 Å². The fourth-order valence-corrected chi connectivity index (χ4v) is 1.24. The molecule has 4 nitrogen and oxygen atoms in total. The standard InChI is InChI=1S/C6H6O4S.K/c7-5-3-1-2-4-6(5)11(8,9)10;/h1-4,7H,(H,8,9,10);/q;+1/p-1. The first-order valence-corrected chi connectivity index (χ1v) is 4.16. The van der Waals surface area contributed by atoms with Crippen LogP contribution >= 0.6 is 0 Å². The van der Waals surface area contributed by atoms with E-state index in [-0.39, 0.29) is 51.4 Å². The van der Waals surface area contributed by atoms with Gasteiger partial charge in [0.25, 0.3) is 0 Å². The molecule has 0 bridgehead atoms. The van der Waals surface area contributed by atoms with Crippen LogP contribution in [0.25, 0.3) is 0 Å². The zero-order chi connectivity index (χ0) is 8.48. The van der Waals surface area contributed by atoms with E-state index in [9.17, 15) is 13.0 Å². The van der Waals surface area contributed by atoms with Crippen molar-refractivity contribution in [3.8, 4) is 5.75 Å². The van der Waals surface area contributed by atoms with Crippen LogP contribution in [-0.2, 0) is 10.1 Å². The molecular weight excluding hydrogens is 207 g/mol. The van der Waals surface area contributed by atoms with Crippen molar-refractivity contribution in [2.45, 2.75) is 4.90 Å². The molecule has 0 heterocycles. The molecule has 1 aromatic rings. The number of benzene rings is 1. The molecule has 0 radical (unpaired) electrons. The van der Waals surface area contributed by atoms with Crippen molar-refractivity contribution in [1.29, 1.82) is 0 Å². The van der Waals surface area contributed by atoms with Gasteiger partial charge in [0.15, 0.2) is 0 Å². The quantitative estimate of drug-likeness (QED) is 0.406. The van der Waals surface area contributed by atoms with Gasteiger partial charge in [-0.1, -0.05) is 12.1 Å². The third kappa shape index (κ3) is 3.13. The van der Waals surface area contributed by atoms with Crippen molar-refractivity contribution < 1.29 is 69.5 Å². The molecule has 0 amide bonds. The summed E-state index contributed by atoms with van der Waals surface area (Å²) < 4.78 is 31.0. The van der Waals surface area contributed by atoms with E-state index in [0.29, 0.717) is 0 Å². The van der Waals surface area contributed by atoms with E-state index < -0.39 is 20.8 Å². The molecule has 0 aliphatic rings. The Balaban J connectivity index is 0.00000121. The maximum absolute atomic E-state index is 10.3. The van der Waals surface area contributed by atoms with Crippen molar-refractivity contribution in [3.63, 3.8) is 0 Å². The Labute approximate surface area is 113 Å². The average Bonchev–Trinajstić information content (AvgIpc) is 1.86. The third-order valence-corrected chi connectivity index (χ3v) is 2.02. The van der Waals surface area contributed by atoms with Gasteiger partial charge in [-0.2, -0.15) is 0 Å². The van der Waals surface area contributed by atoms with Gasteiger partial charge in [-0.15, -0.1) is 0 Å². The topological polar surface area (TPSA) is 77.4 Å². The van der Waals surface area contributed by atoms with E-state index in [2.05, 4.69) is 0 Å². The van der Waals surface area contributed by atoms with Crippen LogP contribution in [0.5, 0.6) is 5.75 Å². The molecule has 60 valence electrons. The maximum atomic E-state index is 10.3. The van der Waals surface area contributed by atoms with Crippen LogP contribution < -0.4 is 51.4 Å². The summed E-state index contributed by atoms with van der Waals surface area (Å²) in [6, 6.07) is 5.00. The van der Waals surface area contributed by atoms with Crippen LogP contribution in [0, 0.1) is 0 Å². The zero-order valence-electron chi connectivity index (χ0n) is 6.39. The minimum absolute atomic E-state index is 0. The second-order valence-corrected chi connectivity index (χ2v) is 3.27. The summed E-state index contributed by atoms with van der Waals surface area (Å²) in [5, 5.41) is 8.87. The van der Waals surface area contributed by atoms with E-state index in [0.717, 1.165) is 12.1 Å². The van der Waals surface area contributed by atoms with Crippen LogP contribution in [0.4, 0.5) is 0 Å². The average molecular weight is 212 g/mol. The fourth-order valence-electron chi connectivity index (χ4n) is 0.669. The van der Waals surface area contributed by atoms with Gasteiger partial charge < -0.3 is 9.66 Å². The first-order valence-electron chi connectivity index (χ1n) is 2.76. The number of para-hydroxylation sites is 1. The van der Waals surface area contributed by atoms with Gasteiger partial charge in [0, 0.05) is 0 Å². The van der Waals surface area contributed by atoms with Gasteiger partial charge in [0.05, 0.1) is 4.90 Å². The number of phenolic OH excluding ortho intramolecular Hbond substituents is 1. The van der Waals surface area contributed by atoms with Crippen LogP contribution in [0.3, 0.4) is 0 Å². The summed E-state index contributed by atoms with van der Waals surface area (Å²) >= 11 is 0. The molecule has 0 aromatic heterocycles. The van der Waals surface area contributed by atoms with Gasteiger partial charge in [-0.25, -0.2) is 8.42 Å². The molecule has 0 saturated heterocycles. The van der Waals surface area contributed by atoms with Crippen LogP contribution in [0.1, 0.15) is 0 Å². The largest absolute Gasteiger partial charge is 1.00 e. The van der Waals surface area contributed by atoms with E-state index >= 15 is 0 Å². The molecule has 0 saturated carbocycles. The predicted octanol–water partition coefficient (Wildman–Crippen LogP) is -2.70. The van der Waals surface area contributed by atoms with Crippen LogP contribution in [-0.4, -0.2) is 18.1 Å². The Bertz CT molecular complexity index is 360. The molecule has 0 unspecified atom stereocenters. The Hall–Kier alpha value is 0.566. The predicted molar refractivity (Wildman–Crippen MR) is 36.1 cm³/mol. The molecule has 0 spiro atoms. The van der Waals surface area contributed by atoms with Crippen molar-refractivity contribution in [3.05, 3.63) is 24.3 Å². The van der Waals surface area contributed by atoms with Crippen molar-refractivity contribution in [1.82, 2.24) is 0 Å². The van der Waals surface area contributed by atoms with E-state index in [4.69, 9.17) is 5.11 Å². The molecule has 6 heteroatoms. The summed E-state index contributed by atoms with van der Waals surface area (Å²) in [5.41, 5.74) is 0. The first-order chi connectivity index (χ1) is 5.02. The molecule has 0 fully saturated rings. The van der Waals surface area contributed by atoms with Gasteiger partial charge in [-0.3, -0.25) is 0 Å². The smallest absolute Gasteiger partial charge is 0.744 e. The Kier molecular flexibility index (Phi) is 4.93. The summed E-state index contributed by atoms with van der Waals surface area (Å²) in [6.45, 7) is 0. The number of hydrogen-bond donors (Lipinski definition) is 1. The van der Waals surface area contributed by atoms with Crippen molar-refractivity contribution in [2.75, 3.05) is 0 Å². The molecule has 1 aromatic carbocycles. The first kappa shape index (κ1) is 12.6. The van der Waals surface area contributed by atoms with Crippen LogP contribution in [0.2, 0.25) is 0 Å². The van der Waals surface area contributed by atoms with E-state index in [1.165, 1.54) is 12.1 Å². The molecule has 1 N–H and O–H groups in total. The molecular formula is C6H5KO4S. The maximum Gasteiger partial charge on any atom is 1.00 e. The van der Waals surface area contributed by atoms with Gasteiger partial charge >= 0.3 is 51.4 Å². The Morgan fingerprint density at radius 1 is 1.25 bits per heavy atom. The zero-order valence-corrected chi connectivity index (χ0v) is 10.3. The van der Waals surface area contributed by atoms with Crippen molar-refractivity contribution in [2.24, 2.45) is 0 Å². The second kappa shape index (κ2) is 4.71. The summed E-state index contributed by atoms with van der Waals surface area (Å²) in [5.74, 6) is -0.512. The second-order valence-electron chi connectivity index (χ2n) is 1.92. The van der Waals surface area contributed by atoms with E-state index in [1.54, 1.807) is 0 Å². The minimum Gasteiger partial charge on any atom is -0.744 e. The summed E-state index contributed by atoms with van der Waals surface area (Å²) in [4.78, 5) is -0.583. The summed E-state index contributed by atoms with van der Waals surface area (Å²) in [6.07, 6.45) is 0. The monoisotopic (exact) mass is 212 g/mol. The third-order valence-electron chi connectivity index (χ3n) is 1.13. The number of phenols is 1. The van der Waals surface area contributed by atoms with Gasteiger partial charge in [0.2, 0.25) is 0 Å². The minimum atomic E-state index is -4.53. The molecule has 0 aliphatic heterocycles. The molecule has 12 heavy (non-hydrogen) atoms. The Morgan fingerprint density at radius 2 is 1.75 bits per heavy atom. The Morgan fingerprint density at radius 3 is 2.08 bits per heavy atom. The number of rotatable bonds is 1. The van der Waals surface area contributed by atoms with Gasteiger partial charge in [-0.05, 0) is 12.1 Å². The van der Waals surface area contributed by atoms with Gasteiger partial charge in [0.1, 0.15) is 15.9 Å². The van der Waals surface area contributed by atoms with Crippen molar-refractivity contribution >= 4 is 10.1 Å². The number of hydrogen-bond acceptors (Lipinski definition) is 4. The molecule has 1 rings (SSSR count).